The lowest BCUT2D eigenvalue weighted by Crippen LogP contribution is -2.44. The lowest BCUT2D eigenvalue weighted by atomic mass is 9.91. The molecule has 106 valence electrons. The SMILES string of the molecule is CNCc1cnc(N(C)C2CCCCC2O)c(C)c1. The molecule has 0 aromatic carbocycles. The van der Waals surface area contributed by atoms with Gasteiger partial charge in [-0.15, -0.1) is 0 Å². The molecule has 0 aliphatic heterocycles. The Morgan fingerprint density at radius 1 is 1.42 bits per heavy atom. The van der Waals surface area contributed by atoms with Crippen molar-refractivity contribution < 1.29 is 5.11 Å². The molecule has 1 aromatic rings. The van der Waals surface area contributed by atoms with Gasteiger partial charge in [0, 0.05) is 19.8 Å². The fraction of sp³-hybridized carbons (Fsp3) is 0.667. The molecule has 0 saturated heterocycles. The Morgan fingerprint density at radius 2 is 2.16 bits per heavy atom. The molecule has 1 aromatic heterocycles. The van der Waals surface area contributed by atoms with Gasteiger partial charge in [0.2, 0.25) is 0 Å². The third-order valence-corrected chi connectivity index (χ3v) is 4.01. The van der Waals surface area contributed by atoms with Crippen LogP contribution in [0.15, 0.2) is 12.3 Å². The molecular weight excluding hydrogens is 238 g/mol. The Labute approximate surface area is 115 Å². The number of hydrogen-bond acceptors (Lipinski definition) is 4. The topological polar surface area (TPSA) is 48.4 Å². The fourth-order valence-corrected chi connectivity index (χ4v) is 3.00. The van der Waals surface area contributed by atoms with E-state index < -0.39 is 0 Å². The van der Waals surface area contributed by atoms with Gasteiger partial charge in [0.05, 0.1) is 12.1 Å². The van der Waals surface area contributed by atoms with E-state index in [9.17, 15) is 5.11 Å². The molecular formula is C15H25N3O. The third-order valence-electron chi connectivity index (χ3n) is 4.01. The molecule has 1 saturated carbocycles. The summed E-state index contributed by atoms with van der Waals surface area (Å²) in [7, 11) is 3.99. The number of anilines is 1. The second kappa shape index (κ2) is 6.35. The number of pyridine rings is 1. The van der Waals surface area contributed by atoms with Crippen molar-refractivity contribution in [2.75, 3.05) is 19.0 Å². The van der Waals surface area contributed by atoms with Crippen LogP contribution in [0.2, 0.25) is 0 Å². The van der Waals surface area contributed by atoms with Gasteiger partial charge in [0.1, 0.15) is 5.82 Å². The summed E-state index contributed by atoms with van der Waals surface area (Å²) in [6.07, 6.45) is 5.99. The summed E-state index contributed by atoms with van der Waals surface area (Å²) < 4.78 is 0. The predicted molar refractivity (Wildman–Crippen MR) is 78.4 cm³/mol. The van der Waals surface area contributed by atoms with Crippen molar-refractivity contribution >= 4 is 5.82 Å². The molecule has 4 heteroatoms. The molecule has 0 bridgehead atoms. The van der Waals surface area contributed by atoms with E-state index in [2.05, 4.69) is 28.2 Å². The molecule has 4 nitrogen and oxygen atoms in total. The van der Waals surface area contributed by atoms with E-state index >= 15 is 0 Å². The standard InChI is InChI=1S/C15H25N3O/c1-11-8-12(9-16-2)10-17-15(11)18(3)13-6-4-5-7-14(13)19/h8,10,13-14,16,19H,4-7,9H2,1-3H3. The molecule has 2 N–H and O–H groups in total. The zero-order valence-corrected chi connectivity index (χ0v) is 12.2. The molecule has 1 heterocycles. The zero-order chi connectivity index (χ0) is 13.8. The summed E-state index contributed by atoms with van der Waals surface area (Å²) in [6.45, 7) is 2.93. The number of hydrogen-bond donors (Lipinski definition) is 2. The number of nitrogens with one attached hydrogen (secondary N) is 1. The van der Waals surface area contributed by atoms with Crippen molar-refractivity contribution in [1.82, 2.24) is 10.3 Å². The molecule has 0 spiro atoms. The van der Waals surface area contributed by atoms with Gasteiger partial charge in [-0.1, -0.05) is 12.8 Å². The van der Waals surface area contributed by atoms with E-state index in [1.54, 1.807) is 0 Å². The monoisotopic (exact) mass is 263 g/mol. The number of aliphatic hydroxyl groups is 1. The van der Waals surface area contributed by atoms with Gasteiger partial charge in [0.25, 0.3) is 0 Å². The van der Waals surface area contributed by atoms with Crippen LogP contribution in [0.1, 0.15) is 36.8 Å². The second-order valence-corrected chi connectivity index (χ2v) is 5.54. The highest BCUT2D eigenvalue weighted by molar-refractivity contribution is 5.48. The minimum Gasteiger partial charge on any atom is -0.391 e. The highest BCUT2D eigenvalue weighted by Gasteiger charge is 2.27. The van der Waals surface area contributed by atoms with Crippen LogP contribution in [0.4, 0.5) is 5.82 Å². The molecule has 2 atom stereocenters. The van der Waals surface area contributed by atoms with E-state index in [1.807, 2.05) is 20.3 Å². The number of rotatable bonds is 4. The number of aromatic nitrogens is 1. The van der Waals surface area contributed by atoms with Crippen molar-refractivity contribution in [3.05, 3.63) is 23.4 Å². The third kappa shape index (κ3) is 3.25. The summed E-state index contributed by atoms with van der Waals surface area (Å²) in [5, 5.41) is 13.3. The fourth-order valence-electron chi connectivity index (χ4n) is 3.00. The first-order chi connectivity index (χ1) is 9.13. The van der Waals surface area contributed by atoms with Crippen molar-refractivity contribution in [3.8, 4) is 0 Å². The lowest BCUT2D eigenvalue weighted by Gasteiger charge is -2.36. The van der Waals surface area contributed by atoms with Gasteiger partial charge in [-0.05, 0) is 44.0 Å². The Kier molecular flexibility index (Phi) is 4.77. The number of nitrogens with zero attached hydrogens (tertiary/aromatic N) is 2. The van der Waals surface area contributed by atoms with E-state index in [-0.39, 0.29) is 12.1 Å². The summed E-state index contributed by atoms with van der Waals surface area (Å²) in [5.41, 5.74) is 2.37. The Hall–Kier alpha value is -1.13. The van der Waals surface area contributed by atoms with Crippen LogP contribution in [-0.4, -0.2) is 36.3 Å². The molecule has 2 unspecified atom stereocenters. The maximum absolute atomic E-state index is 10.2. The van der Waals surface area contributed by atoms with Crippen LogP contribution in [0.25, 0.3) is 0 Å². The largest absolute Gasteiger partial charge is 0.391 e. The Morgan fingerprint density at radius 3 is 2.79 bits per heavy atom. The number of aryl methyl sites for hydroxylation is 1. The molecule has 0 radical (unpaired) electrons. The van der Waals surface area contributed by atoms with Crippen LogP contribution in [0, 0.1) is 6.92 Å². The van der Waals surface area contributed by atoms with Crippen molar-refractivity contribution in [1.29, 1.82) is 0 Å². The molecule has 2 rings (SSSR count). The summed E-state index contributed by atoms with van der Waals surface area (Å²) in [6, 6.07) is 2.37. The number of aliphatic hydroxyl groups excluding tert-OH is 1. The quantitative estimate of drug-likeness (QED) is 0.870. The maximum atomic E-state index is 10.2. The van der Waals surface area contributed by atoms with Crippen LogP contribution >= 0.6 is 0 Å². The van der Waals surface area contributed by atoms with Gasteiger partial charge in [-0.25, -0.2) is 4.98 Å². The molecule has 1 fully saturated rings. The minimum atomic E-state index is -0.225. The van der Waals surface area contributed by atoms with Crippen LogP contribution in [0.5, 0.6) is 0 Å². The minimum absolute atomic E-state index is 0.204. The summed E-state index contributed by atoms with van der Waals surface area (Å²) in [4.78, 5) is 6.74. The Bertz CT molecular complexity index is 422. The highest BCUT2D eigenvalue weighted by atomic mass is 16.3. The highest BCUT2D eigenvalue weighted by Crippen LogP contribution is 2.27. The molecule has 19 heavy (non-hydrogen) atoms. The van der Waals surface area contributed by atoms with Crippen molar-refractivity contribution in [2.24, 2.45) is 0 Å². The molecule has 0 amide bonds. The van der Waals surface area contributed by atoms with Crippen LogP contribution in [-0.2, 0) is 6.54 Å². The summed E-state index contributed by atoms with van der Waals surface area (Å²) >= 11 is 0. The molecule has 1 aliphatic rings. The summed E-state index contributed by atoms with van der Waals surface area (Å²) in [5.74, 6) is 0.991. The Balaban J connectivity index is 2.16. The first kappa shape index (κ1) is 14.3. The van der Waals surface area contributed by atoms with Crippen LogP contribution in [0.3, 0.4) is 0 Å². The van der Waals surface area contributed by atoms with E-state index in [1.165, 1.54) is 17.5 Å². The van der Waals surface area contributed by atoms with Crippen LogP contribution < -0.4 is 10.2 Å². The van der Waals surface area contributed by atoms with Gasteiger partial charge < -0.3 is 15.3 Å². The first-order valence-corrected chi connectivity index (χ1v) is 7.14. The lowest BCUT2D eigenvalue weighted by molar-refractivity contribution is 0.106. The second-order valence-electron chi connectivity index (χ2n) is 5.54. The van der Waals surface area contributed by atoms with Gasteiger partial charge in [-0.2, -0.15) is 0 Å². The smallest absolute Gasteiger partial charge is 0.131 e. The molecule has 1 aliphatic carbocycles. The average Bonchev–Trinajstić information content (AvgIpc) is 2.39. The zero-order valence-electron chi connectivity index (χ0n) is 12.2. The van der Waals surface area contributed by atoms with Gasteiger partial charge in [0.15, 0.2) is 0 Å². The van der Waals surface area contributed by atoms with Gasteiger partial charge >= 0.3 is 0 Å². The van der Waals surface area contributed by atoms with Crippen molar-refractivity contribution in [3.63, 3.8) is 0 Å². The van der Waals surface area contributed by atoms with E-state index in [0.29, 0.717) is 0 Å². The number of likely N-dealkylation sites (N-methyl/N-ethyl adjacent to an activating group) is 1. The van der Waals surface area contributed by atoms with Gasteiger partial charge in [-0.3, -0.25) is 0 Å². The predicted octanol–water partition coefficient (Wildman–Crippen LogP) is 1.85. The average molecular weight is 263 g/mol. The maximum Gasteiger partial charge on any atom is 0.131 e. The van der Waals surface area contributed by atoms with E-state index in [0.717, 1.165) is 31.6 Å². The normalized spacial score (nSPS) is 23.4. The van der Waals surface area contributed by atoms with Crippen molar-refractivity contribution in [2.45, 2.75) is 51.3 Å². The van der Waals surface area contributed by atoms with E-state index in [4.69, 9.17) is 0 Å². The first-order valence-electron chi connectivity index (χ1n) is 7.14.